The highest BCUT2D eigenvalue weighted by Crippen LogP contribution is 2.15. The lowest BCUT2D eigenvalue weighted by atomic mass is 10.2. The van der Waals surface area contributed by atoms with Crippen LogP contribution in [-0.2, 0) is 0 Å². The number of carbonyl (C=O) groups is 1. The Kier molecular flexibility index (Phi) is 4.06. The van der Waals surface area contributed by atoms with Gasteiger partial charge in [-0.3, -0.25) is 4.79 Å². The molecular formula is C12H9BrN2OS. The maximum absolute atomic E-state index is 11.7. The largest absolute Gasteiger partial charge is 0.272 e. The average Bonchev–Trinajstić information content (AvgIpc) is 2.82. The molecule has 2 aromatic rings. The van der Waals surface area contributed by atoms with Crippen molar-refractivity contribution in [3.05, 3.63) is 56.7 Å². The minimum Gasteiger partial charge on any atom is -0.267 e. The third-order valence-electron chi connectivity index (χ3n) is 2.04. The molecule has 0 saturated carbocycles. The van der Waals surface area contributed by atoms with Crippen LogP contribution >= 0.6 is 27.3 Å². The van der Waals surface area contributed by atoms with Crippen LogP contribution in [0.1, 0.15) is 15.9 Å². The van der Waals surface area contributed by atoms with Crippen LogP contribution in [0, 0.1) is 0 Å². The van der Waals surface area contributed by atoms with Gasteiger partial charge in [0.15, 0.2) is 0 Å². The summed E-state index contributed by atoms with van der Waals surface area (Å²) in [5.41, 5.74) is 4.02. The van der Waals surface area contributed by atoms with E-state index in [9.17, 15) is 4.79 Å². The Balaban J connectivity index is 2.01. The summed E-state index contributed by atoms with van der Waals surface area (Å²) in [4.78, 5) is 11.7. The second-order valence-electron chi connectivity index (χ2n) is 3.24. The Morgan fingerprint density at radius 2 is 2.18 bits per heavy atom. The van der Waals surface area contributed by atoms with Gasteiger partial charge in [0.05, 0.1) is 11.8 Å². The summed E-state index contributed by atoms with van der Waals surface area (Å²) >= 11 is 4.90. The fourth-order valence-corrected chi connectivity index (χ4v) is 2.30. The molecule has 1 aromatic carbocycles. The standard InChI is InChI=1S/C12H9BrN2OS/c13-11-4-2-1-3-10(11)12(16)15-14-7-9-5-6-17-8-9/h1-8H,(H,15,16). The zero-order chi connectivity index (χ0) is 12.1. The first kappa shape index (κ1) is 12.0. The van der Waals surface area contributed by atoms with Crippen LogP contribution in [0.3, 0.4) is 0 Å². The predicted molar refractivity (Wildman–Crippen MR) is 73.5 cm³/mol. The zero-order valence-electron chi connectivity index (χ0n) is 8.76. The molecule has 3 nitrogen and oxygen atoms in total. The van der Waals surface area contributed by atoms with Crippen molar-refractivity contribution in [3.63, 3.8) is 0 Å². The van der Waals surface area contributed by atoms with E-state index in [2.05, 4.69) is 26.5 Å². The minimum atomic E-state index is -0.232. The molecule has 5 heteroatoms. The van der Waals surface area contributed by atoms with Gasteiger partial charge in [-0.25, -0.2) is 5.43 Å². The van der Waals surface area contributed by atoms with Crippen molar-refractivity contribution in [1.82, 2.24) is 5.43 Å². The number of nitrogens with zero attached hydrogens (tertiary/aromatic N) is 1. The second-order valence-corrected chi connectivity index (χ2v) is 4.87. The van der Waals surface area contributed by atoms with E-state index >= 15 is 0 Å². The van der Waals surface area contributed by atoms with Gasteiger partial charge >= 0.3 is 0 Å². The number of halogens is 1. The summed E-state index contributed by atoms with van der Waals surface area (Å²) in [6, 6.07) is 9.15. The molecule has 0 fully saturated rings. The van der Waals surface area contributed by atoms with Crippen LogP contribution < -0.4 is 5.43 Å². The molecule has 0 unspecified atom stereocenters. The smallest absolute Gasteiger partial charge is 0.267 e. The first-order chi connectivity index (χ1) is 8.27. The lowest BCUT2D eigenvalue weighted by molar-refractivity contribution is 0.0954. The lowest BCUT2D eigenvalue weighted by Gasteiger charge is -2.01. The number of nitrogens with one attached hydrogen (secondary N) is 1. The number of hydrogen-bond acceptors (Lipinski definition) is 3. The molecule has 1 aromatic heterocycles. The molecule has 2 rings (SSSR count). The SMILES string of the molecule is O=C(NN=Cc1ccsc1)c1ccccc1Br. The van der Waals surface area contributed by atoms with Gasteiger partial charge in [-0.15, -0.1) is 0 Å². The van der Waals surface area contributed by atoms with Crippen molar-refractivity contribution in [2.45, 2.75) is 0 Å². The van der Waals surface area contributed by atoms with Crippen molar-refractivity contribution in [1.29, 1.82) is 0 Å². The molecule has 0 saturated heterocycles. The topological polar surface area (TPSA) is 41.5 Å². The van der Waals surface area contributed by atoms with E-state index in [-0.39, 0.29) is 5.91 Å². The van der Waals surface area contributed by atoms with E-state index in [0.717, 1.165) is 10.0 Å². The van der Waals surface area contributed by atoms with Crippen LogP contribution in [0.15, 0.2) is 50.7 Å². The molecule has 0 bridgehead atoms. The van der Waals surface area contributed by atoms with Crippen molar-refractivity contribution in [2.24, 2.45) is 5.10 Å². The monoisotopic (exact) mass is 308 g/mol. The molecule has 1 amide bonds. The average molecular weight is 309 g/mol. The third kappa shape index (κ3) is 3.25. The first-order valence-corrected chi connectivity index (χ1v) is 6.61. The lowest BCUT2D eigenvalue weighted by Crippen LogP contribution is -2.17. The Bertz CT molecular complexity index is 537. The van der Waals surface area contributed by atoms with Crippen LogP contribution in [0.5, 0.6) is 0 Å². The molecule has 0 spiro atoms. The quantitative estimate of drug-likeness (QED) is 0.686. The number of benzene rings is 1. The van der Waals surface area contributed by atoms with Gasteiger partial charge in [-0.1, -0.05) is 12.1 Å². The Morgan fingerprint density at radius 3 is 2.88 bits per heavy atom. The van der Waals surface area contributed by atoms with Crippen LogP contribution in [-0.4, -0.2) is 12.1 Å². The molecule has 0 aliphatic carbocycles. The normalized spacial score (nSPS) is 10.6. The van der Waals surface area contributed by atoms with E-state index in [4.69, 9.17) is 0 Å². The first-order valence-electron chi connectivity index (χ1n) is 4.87. The number of hydrogen-bond donors (Lipinski definition) is 1. The van der Waals surface area contributed by atoms with E-state index in [0.29, 0.717) is 5.56 Å². The second kappa shape index (κ2) is 5.75. The van der Waals surface area contributed by atoms with E-state index < -0.39 is 0 Å². The highest BCUT2D eigenvalue weighted by atomic mass is 79.9. The fraction of sp³-hybridized carbons (Fsp3) is 0. The van der Waals surface area contributed by atoms with Gasteiger partial charge in [0.1, 0.15) is 0 Å². The van der Waals surface area contributed by atoms with Crippen LogP contribution in [0.2, 0.25) is 0 Å². The number of thiophene rings is 1. The van der Waals surface area contributed by atoms with Crippen LogP contribution in [0.4, 0.5) is 0 Å². The highest BCUT2D eigenvalue weighted by molar-refractivity contribution is 9.10. The maximum Gasteiger partial charge on any atom is 0.272 e. The molecule has 0 aliphatic heterocycles. The van der Waals surface area contributed by atoms with Crippen molar-refractivity contribution in [2.75, 3.05) is 0 Å². The molecular weight excluding hydrogens is 300 g/mol. The fourth-order valence-electron chi connectivity index (χ4n) is 1.22. The van der Waals surface area contributed by atoms with E-state index in [1.54, 1.807) is 23.6 Å². The molecule has 0 atom stereocenters. The molecule has 1 heterocycles. The van der Waals surface area contributed by atoms with E-state index in [1.807, 2.05) is 35.0 Å². The summed E-state index contributed by atoms with van der Waals surface area (Å²) in [5, 5.41) is 7.80. The Labute approximate surface area is 111 Å². The van der Waals surface area contributed by atoms with E-state index in [1.165, 1.54) is 0 Å². The molecule has 17 heavy (non-hydrogen) atoms. The Morgan fingerprint density at radius 1 is 1.35 bits per heavy atom. The Hall–Kier alpha value is -1.46. The maximum atomic E-state index is 11.7. The van der Waals surface area contributed by atoms with Crippen molar-refractivity contribution in [3.8, 4) is 0 Å². The third-order valence-corrected chi connectivity index (χ3v) is 3.43. The predicted octanol–water partition coefficient (Wildman–Crippen LogP) is 3.27. The highest BCUT2D eigenvalue weighted by Gasteiger charge is 2.07. The molecule has 1 N–H and O–H groups in total. The number of rotatable bonds is 3. The summed E-state index contributed by atoms with van der Waals surface area (Å²) in [5.74, 6) is -0.232. The molecule has 0 aliphatic rings. The van der Waals surface area contributed by atoms with Gasteiger partial charge in [0.25, 0.3) is 5.91 Å². The molecule has 86 valence electrons. The van der Waals surface area contributed by atoms with Gasteiger partial charge in [0.2, 0.25) is 0 Å². The number of hydrazone groups is 1. The summed E-state index contributed by atoms with van der Waals surface area (Å²) in [7, 11) is 0. The molecule has 0 radical (unpaired) electrons. The minimum absolute atomic E-state index is 0.232. The van der Waals surface area contributed by atoms with Crippen molar-refractivity contribution < 1.29 is 4.79 Å². The zero-order valence-corrected chi connectivity index (χ0v) is 11.2. The van der Waals surface area contributed by atoms with Gasteiger partial charge in [0, 0.05) is 10.0 Å². The van der Waals surface area contributed by atoms with Crippen molar-refractivity contribution >= 4 is 39.4 Å². The van der Waals surface area contributed by atoms with Crippen LogP contribution in [0.25, 0.3) is 0 Å². The summed E-state index contributed by atoms with van der Waals surface area (Å²) in [6.07, 6.45) is 1.62. The van der Waals surface area contributed by atoms with Gasteiger partial charge in [-0.2, -0.15) is 16.4 Å². The number of amides is 1. The van der Waals surface area contributed by atoms with Gasteiger partial charge < -0.3 is 0 Å². The summed E-state index contributed by atoms with van der Waals surface area (Å²) in [6.45, 7) is 0. The van der Waals surface area contributed by atoms with Gasteiger partial charge in [-0.05, 0) is 44.9 Å². The summed E-state index contributed by atoms with van der Waals surface area (Å²) < 4.78 is 0.753. The number of carbonyl (C=O) groups excluding carboxylic acids is 1.